The van der Waals surface area contributed by atoms with Gasteiger partial charge in [-0.05, 0) is 19.5 Å². The molecule has 3 heteroatoms. The fraction of sp³-hybridized carbons (Fsp3) is 0.462. The van der Waals surface area contributed by atoms with E-state index in [0.717, 1.165) is 12.4 Å². The lowest BCUT2D eigenvalue weighted by Crippen LogP contribution is -2.24. The molecular formula is C13H19N3. The average Bonchev–Trinajstić information content (AvgIpc) is 2.30. The zero-order chi connectivity index (χ0) is 12.0. The van der Waals surface area contributed by atoms with Gasteiger partial charge in [-0.2, -0.15) is 0 Å². The van der Waals surface area contributed by atoms with Gasteiger partial charge >= 0.3 is 0 Å². The van der Waals surface area contributed by atoms with Crippen LogP contribution < -0.4 is 10.2 Å². The molecule has 0 aliphatic carbocycles. The van der Waals surface area contributed by atoms with Crippen LogP contribution in [0.15, 0.2) is 18.3 Å². The molecule has 0 aliphatic rings. The van der Waals surface area contributed by atoms with Crippen molar-refractivity contribution in [3.05, 3.63) is 23.9 Å². The number of terminal acetylenes is 1. The van der Waals surface area contributed by atoms with E-state index in [4.69, 9.17) is 6.42 Å². The Kier molecular flexibility index (Phi) is 4.81. The molecule has 1 aromatic heterocycles. The molecule has 0 aromatic carbocycles. The summed E-state index contributed by atoms with van der Waals surface area (Å²) in [5, 5.41) is 3.38. The fourth-order valence-corrected chi connectivity index (χ4v) is 1.69. The van der Waals surface area contributed by atoms with Crippen molar-refractivity contribution in [2.24, 2.45) is 0 Å². The second-order valence-corrected chi connectivity index (χ2v) is 3.76. The van der Waals surface area contributed by atoms with Crippen molar-refractivity contribution in [3.8, 4) is 12.3 Å². The first kappa shape index (κ1) is 12.5. The van der Waals surface area contributed by atoms with Gasteiger partial charge in [0.2, 0.25) is 0 Å². The topological polar surface area (TPSA) is 28.2 Å². The third kappa shape index (κ3) is 2.98. The molecule has 0 spiro atoms. The quantitative estimate of drug-likeness (QED) is 0.763. The minimum Gasteiger partial charge on any atom is -0.348 e. The smallest absolute Gasteiger partial charge is 0.133 e. The summed E-state index contributed by atoms with van der Waals surface area (Å²) in [6.07, 6.45) is 7.11. The summed E-state index contributed by atoms with van der Waals surface area (Å²) in [7, 11) is 1.96. The molecule has 16 heavy (non-hydrogen) atoms. The molecule has 1 unspecified atom stereocenters. The first-order chi connectivity index (χ1) is 7.70. The molecule has 1 rings (SSSR count). The van der Waals surface area contributed by atoms with Crippen LogP contribution in [0.2, 0.25) is 0 Å². The van der Waals surface area contributed by atoms with Gasteiger partial charge in [-0.15, -0.1) is 6.42 Å². The van der Waals surface area contributed by atoms with Crippen molar-refractivity contribution in [2.45, 2.75) is 19.9 Å². The second kappa shape index (κ2) is 6.14. The van der Waals surface area contributed by atoms with Gasteiger partial charge in [-0.1, -0.05) is 18.9 Å². The van der Waals surface area contributed by atoms with Gasteiger partial charge in [0.15, 0.2) is 0 Å². The second-order valence-electron chi connectivity index (χ2n) is 3.76. The Balaban J connectivity index is 2.96. The van der Waals surface area contributed by atoms with Crippen molar-refractivity contribution in [1.29, 1.82) is 0 Å². The molecule has 1 N–H and O–H groups in total. The molecule has 0 amide bonds. The molecule has 1 heterocycles. The Bertz CT molecular complexity index is 368. The molecular weight excluding hydrogens is 198 g/mol. The lowest BCUT2D eigenvalue weighted by Gasteiger charge is -2.22. The van der Waals surface area contributed by atoms with E-state index in [2.05, 4.69) is 36.1 Å². The summed E-state index contributed by atoms with van der Waals surface area (Å²) in [5.74, 6) is 3.58. The molecule has 0 bridgehead atoms. The summed E-state index contributed by atoms with van der Waals surface area (Å²) < 4.78 is 0. The molecule has 86 valence electrons. The maximum Gasteiger partial charge on any atom is 0.133 e. The highest BCUT2D eigenvalue weighted by Gasteiger charge is 2.12. The number of aromatic nitrogens is 1. The molecule has 0 saturated heterocycles. The number of anilines is 1. The van der Waals surface area contributed by atoms with E-state index in [9.17, 15) is 0 Å². The van der Waals surface area contributed by atoms with Gasteiger partial charge in [0, 0.05) is 24.8 Å². The number of hydrogen-bond donors (Lipinski definition) is 1. The van der Waals surface area contributed by atoms with Gasteiger partial charge in [0.1, 0.15) is 5.82 Å². The summed E-state index contributed by atoms with van der Waals surface area (Å²) in [6.45, 7) is 5.74. The van der Waals surface area contributed by atoms with Gasteiger partial charge in [-0.3, -0.25) is 0 Å². The van der Waals surface area contributed by atoms with E-state index < -0.39 is 0 Å². The Morgan fingerprint density at radius 2 is 2.38 bits per heavy atom. The fourth-order valence-electron chi connectivity index (χ4n) is 1.69. The highest BCUT2D eigenvalue weighted by atomic mass is 15.2. The van der Waals surface area contributed by atoms with E-state index in [0.29, 0.717) is 6.54 Å². The third-order valence-electron chi connectivity index (χ3n) is 2.48. The van der Waals surface area contributed by atoms with Crippen LogP contribution >= 0.6 is 0 Å². The maximum absolute atomic E-state index is 5.32. The van der Waals surface area contributed by atoms with Crippen LogP contribution in [0.25, 0.3) is 0 Å². The Labute approximate surface area is 97.9 Å². The van der Waals surface area contributed by atoms with Crippen molar-refractivity contribution in [3.63, 3.8) is 0 Å². The first-order valence-corrected chi connectivity index (χ1v) is 5.53. The average molecular weight is 217 g/mol. The number of rotatable bonds is 5. The van der Waals surface area contributed by atoms with Gasteiger partial charge in [0.05, 0.1) is 6.54 Å². The van der Waals surface area contributed by atoms with E-state index in [1.807, 2.05) is 18.0 Å². The molecule has 1 atom stereocenters. The molecule has 0 fully saturated rings. The Hall–Kier alpha value is -1.53. The summed E-state index contributed by atoms with van der Waals surface area (Å²) >= 11 is 0. The predicted octanol–water partition coefficient (Wildman–Crippen LogP) is 1.82. The van der Waals surface area contributed by atoms with E-state index in [1.54, 1.807) is 6.20 Å². The summed E-state index contributed by atoms with van der Waals surface area (Å²) in [6, 6.07) is 4.33. The third-order valence-corrected chi connectivity index (χ3v) is 2.48. The minimum absolute atomic E-state index is 0.286. The van der Waals surface area contributed by atoms with E-state index in [1.165, 1.54) is 5.56 Å². The van der Waals surface area contributed by atoms with Crippen LogP contribution in [-0.2, 0) is 0 Å². The zero-order valence-electron chi connectivity index (χ0n) is 10.2. The normalized spacial score (nSPS) is 11.9. The van der Waals surface area contributed by atoms with Crippen LogP contribution in [0.3, 0.4) is 0 Å². The summed E-state index contributed by atoms with van der Waals surface area (Å²) in [4.78, 5) is 6.38. The standard InChI is InChI=1S/C13H19N3/c1-5-10-16(4)13-12(8-7-9-15-13)11(3)14-6-2/h1,7-9,11,14H,6,10H2,2-4H3. The predicted molar refractivity (Wildman–Crippen MR) is 68.4 cm³/mol. The van der Waals surface area contributed by atoms with Crippen LogP contribution in [0.5, 0.6) is 0 Å². The number of nitrogens with zero attached hydrogens (tertiary/aromatic N) is 2. The van der Waals surface area contributed by atoms with Crippen LogP contribution in [0.1, 0.15) is 25.5 Å². The maximum atomic E-state index is 5.32. The molecule has 0 saturated carbocycles. The Morgan fingerprint density at radius 1 is 1.62 bits per heavy atom. The first-order valence-electron chi connectivity index (χ1n) is 5.53. The van der Waals surface area contributed by atoms with Gasteiger partial charge < -0.3 is 10.2 Å². The molecule has 3 nitrogen and oxygen atoms in total. The Morgan fingerprint density at radius 3 is 3.00 bits per heavy atom. The highest BCUT2D eigenvalue weighted by Crippen LogP contribution is 2.22. The molecule has 0 radical (unpaired) electrons. The molecule has 0 aliphatic heterocycles. The SMILES string of the molecule is C#CCN(C)c1ncccc1C(C)NCC. The lowest BCUT2D eigenvalue weighted by molar-refractivity contribution is 0.595. The zero-order valence-corrected chi connectivity index (χ0v) is 10.2. The van der Waals surface area contributed by atoms with Crippen LogP contribution in [-0.4, -0.2) is 25.1 Å². The van der Waals surface area contributed by atoms with Crippen molar-refractivity contribution >= 4 is 5.82 Å². The number of hydrogen-bond acceptors (Lipinski definition) is 3. The number of pyridine rings is 1. The van der Waals surface area contributed by atoms with Gasteiger partial charge in [-0.25, -0.2) is 4.98 Å². The molecule has 1 aromatic rings. The lowest BCUT2D eigenvalue weighted by atomic mass is 10.1. The summed E-state index contributed by atoms with van der Waals surface area (Å²) in [5.41, 5.74) is 1.18. The van der Waals surface area contributed by atoms with Gasteiger partial charge in [0.25, 0.3) is 0 Å². The van der Waals surface area contributed by atoms with Crippen LogP contribution in [0.4, 0.5) is 5.82 Å². The minimum atomic E-state index is 0.286. The number of nitrogens with one attached hydrogen (secondary N) is 1. The monoisotopic (exact) mass is 217 g/mol. The van der Waals surface area contributed by atoms with Crippen LogP contribution in [0, 0.1) is 12.3 Å². The largest absolute Gasteiger partial charge is 0.348 e. The van der Waals surface area contributed by atoms with Crippen molar-refractivity contribution < 1.29 is 0 Å². The van der Waals surface area contributed by atoms with Crippen molar-refractivity contribution in [1.82, 2.24) is 10.3 Å². The van der Waals surface area contributed by atoms with Crippen molar-refractivity contribution in [2.75, 3.05) is 25.0 Å². The van der Waals surface area contributed by atoms with E-state index in [-0.39, 0.29) is 6.04 Å². The van der Waals surface area contributed by atoms with E-state index >= 15 is 0 Å². The highest BCUT2D eigenvalue weighted by molar-refractivity contribution is 5.48.